The van der Waals surface area contributed by atoms with Gasteiger partial charge in [0.05, 0.1) is 36.6 Å². The number of benzene rings is 1. The van der Waals surface area contributed by atoms with E-state index < -0.39 is 23.9 Å². The Morgan fingerprint density at radius 1 is 1.20 bits per heavy atom. The highest BCUT2D eigenvalue weighted by molar-refractivity contribution is 5.94. The molecule has 35 heavy (non-hydrogen) atoms. The summed E-state index contributed by atoms with van der Waals surface area (Å²) in [6.07, 6.45) is 3.56. The van der Waals surface area contributed by atoms with Crippen molar-refractivity contribution in [1.29, 1.82) is 0 Å². The number of nitrogens with zero attached hydrogens (tertiary/aromatic N) is 1. The molecule has 0 radical (unpaired) electrons. The van der Waals surface area contributed by atoms with Gasteiger partial charge in [-0.25, -0.2) is 9.37 Å². The van der Waals surface area contributed by atoms with Crippen LogP contribution in [0.3, 0.4) is 0 Å². The summed E-state index contributed by atoms with van der Waals surface area (Å²) < 4.78 is 25.7. The van der Waals surface area contributed by atoms with Gasteiger partial charge in [0, 0.05) is 31.6 Å². The van der Waals surface area contributed by atoms with Gasteiger partial charge < -0.3 is 25.2 Å². The van der Waals surface area contributed by atoms with Gasteiger partial charge in [0.1, 0.15) is 17.3 Å². The molecule has 3 heterocycles. The van der Waals surface area contributed by atoms with Gasteiger partial charge in [-0.2, -0.15) is 0 Å². The summed E-state index contributed by atoms with van der Waals surface area (Å²) in [7, 11) is 0. The lowest BCUT2D eigenvalue weighted by molar-refractivity contribution is -0.0261. The average molecular weight is 486 g/mol. The zero-order valence-corrected chi connectivity index (χ0v) is 19.9. The normalized spacial score (nSPS) is 19.1. The fraction of sp³-hybridized carbons (Fsp3) is 0.500. The number of aliphatic hydroxyl groups excluding tert-OH is 1. The van der Waals surface area contributed by atoms with E-state index in [0.29, 0.717) is 56.0 Å². The molecule has 9 heteroatoms. The molecular weight excluding hydrogens is 453 g/mol. The van der Waals surface area contributed by atoms with E-state index in [4.69, 9.17) is 9.47 Å². The summed E-state index contributed by atoms with van der Waals surface area (Å²) in [6, 6.07) is 5.80. The molecule has 8 nitrogen and oxygen atoms in total. The molecule has 0 bridgehead atoms. The number of pyridine rings is 1. The van der Waals surface area contributed by atoms with Crippen LogP contribution in [-0.2, 0) is 17.6 Å². The monoisotopic (exact) mass is 485 g/mol. The predicted octanol–water partition coefficient (Wildman–Crippen LogP) is 2.55. The van der Waals surface area contributed by atoms with Gasteiger partial charge in [-0.15, -0.1) is 0 Å². The molecule has 1 aromatic heterocycles. The van der Waals surface area contributed by atoms with E-state index in [1.807, 2.05) is 0 Å². The lowest BCUT2D eigenvalue weighted by Crippen LogP contribution is -2.48. The molecule has 2 aromatic rings. The summed E-state index contributed by atoms with van der Waals surface area (Å²) in [5, 5.41) is 15.7. The minimum Gasteiger partial charge on any atom is -0.491 e. The number of halogens is 1. The number of unbranched alkanes of at least 4 members (excludes halogenated alkanes) is 2. The van der Waals surface area contributed by atoms with Crippen molar-refractivity contribution in [1.82, 2.24) is 15.6 Å². The van der Waals surface area contributed by atoms with E-state index >= 15 is 0 Å². The fourth-order valence-corrected chi connectivity index (χ4v) is 4.37. The zero-order chi connectivity index (χ0) is 24.8. The topological polar surface area (TPSA) is 110 Å². The number of fused-ring (bicyclic) bond motifs is 1. The molecule has 1 aromatic carbocycles. The van der Waals surface area contributed by atoms with Gasteiger partial charge >= 0.3 is 0 Å². The van der Waals surface area contributed by atoms with E-state index in [-0.39, 0.29) is 23.8 Å². The largest absolute Gasteiger partial charge is 0.491 e. The van der Waals surface area contributed by atoms with Crippen molar-refractivity contribution >= 4 is 11.8 Å². The highest BCUT2D eigenvalue weighted by atomic mass is 19.1. The van der Waals surface area contributed by atoms with Crippen molar-refractivity contribution < 1.29 is 28.6 Å². The number of hydrogen-bond donors (Lipinski definition) is 3. The molecular formula is C26H32FN3O5. The van der Waals surface area contributed by atoms with Gasteiger partial charge in [0.2, 0.25) is 0 Å². The standard InChI is InChI=1S/C26H32FN3O5/c1-2-3-4-9-28-25(32)18-6-5-16(13-19(18)27)12-17-14-22(29-21-8-11-35-24(17)21)26(33)30-20-7-10-34-15-23(20)31/h5-6,13-14,20,23,31H,2-4,7-12,15H2,1H3,(H,28,32)(H,30,33)/t20-,23-/m0/s1. The molecule has 0 aliphatic carbocycles. The second-order valence-electron chi connectivity index (χ2n) is 9.01. The Bertz CT molecular complexity index is 1080. The Morgan fingerprint density at radius 2 is 2.06 bits per heavy atom. The highest BCUT2D eigenvalue weighted by Crippen LogP contribution is 2.31. The third-order valence-electron chi connectivity index (χ3n) is 6.32. The summed E-state index contributed by atoms with van der Waals surface area (Å²) in [5.74, 6) is -0.778. The van der Waals surface area contributed by atoms with E-state index in [0.717, 1.165) is 24.8 Å². The second kappa shape index (κ2) is 11.6. The van der Waals surface area contributed by atoms with Crippen molar-refractivity contribution in [3.05, 3.63) is 58.2 Å². The number of ether oxygens (including phenoxy) is 2. The minimum absolute atomic E-state index is 0.0107. The quantitative estimate of drug-likeness (QED) is 0.471. The predicted molar refractivity (Wildman–Crippen MR) is 127 cm³/mol. The van der Waals surface area contributed by atoms with Gasteiger partial charge in [-0.1, -0.05) is 25.8 Å². The maximum absolute atomic E-state index is 14.8. The van der Waals surface area contributed by atoms with Crippen molar-refractivity contribution in [3.8, 4) is 5.75 Å². The van der Waals surface area contributed by atoms with Crippen LogP contribution in [0.4, 0.5) is 4.39 Å². The maximum atomic E-state index is 14.8. The molecule has 1 saturated heterocycles. The van der Waals surface area contributed by atoms with Crippen LogP contribution in [0.15, 0.2) is 24.3 Å². The van der Waals surface area contributed by atoms with Crippen molar-refractivity contribution in [3.63, 3.8) is 0 Å². The van der Waals surface area contributed by atoms with E-state index in [9.17, 15) is 19.1 Å². The van der Waals surface area contributed by atoms with Crippen molar-refractivity contribution in [2.75, 3.05) is 26.4 Å². The molecule has 2 aliphatic heterocycles. The van der Waals surface area contributed by atoms with Gasteiger partial charge in [0.15, 0.2) is 0 Å². The third kappa shape index (κ3) is 6.15. The zero-order valence-electron chi connectivity index (χ0n) is 19.9. The molecule has 0 saturated carbocycles. The Hall–Kier alpha value is -3.04. The van der Waals surface area contributed by atoms with Crippen LogP contribution < -0.4 is 15.4 Å². The van der Waals surface area contributed by atoms with Crippen LogP contribution in [-0.4, -0.2) is 60.4 Å². The molecule has 2 amide bonds. The summed E-state index contributed by atoms with van der Waals surface area (Å²) in [6.45, 7) is 3.71. The Labute approximate surface area is 204 Å². The lowest BCUT2D eigenvalue weighted by atomic mass is 10.0. The van der Waals surface area contributed by atoms with Gasteiger partial charge in [0.25, 0.3) is 11.8 Å². The SMILES string of the molecule is CCCCCNC(=O)c1ccc(Cc2cc(C(=O)N[C@H]3CCOC[C@@H]3O)nc3c2OCC3)cc1F. The maximum Gasteiger partial charge on any atom is 0.270 e. The first-order valence-electron chi connectivity index (χ1n) is 12.2. The van der Waals surface area contributed by atoms with Gasteiger partial charge in [-0.05, 0) is 36.6 Å². The van der Waals surface area contributed by atoms with Crippen LogP contribution in [0, 0.1) is 5.82 Å². The number of amides is 2. The molecule has 4 rings (SSSR count). The van der Waals surface area contributed by atoms with Crippen molar-refractivity contribution in [2.45, 2.75) is 57.6 Å². The van der Waals surface area contributed by atoms with E-state index in [1.54, 1.807) is 12.1 Å². The number of aromatic nitrogens is 1. The Morgan fingerprint density at radius 3 is 2.83 bits per heavy atom. The molecule has 0 spiro atoms. The number of aliphatic hydroxyl groups is 1. The number of rotatable bonds is 9. The summed E-state index contributed by atoms with van der Waals surface area (Å²) in [5.41, 5.74) is 2.30. The van der Waals surface area contributed by atoms with Crippen LogP contribution in [0.2, 0.25) is 0 Å². The third-order valence-corrected chi connectivity index (χ3v) is 6.32. The summed E-state index contributed by atoms with van der Waals surface area (Å²) >= 11 is 0. The first-order chi connectivity index (χ1) is 17.0. The number of carbonyl (C=O) groups is 2. The lowest BCUT2D eigenvalue weighted by Gasteiger charge is -2.28. The molecule has 1 fully saturated rings. The number of nitrogens with one attached hydrogen (secondary N) is 2. The summed E-state index contributed by atoms with van der Waals surface area (Å²) in [4.78, 5) is 29.7. The van der Waals surface area contributed by atoms with E-state index in [2.05, 4.69) is 22.5 Å². The second-order valence-corrected chi connectivity index (χ2v) is 9.01. The first-order valence-corrected chi connectivity index (χ1v) is 12.2. The molecule has 188 valence electrons. The van der Waals surface area contributed by atoms with Crippen LogP contribution in [0.25, 0.3) is 0 Å². The van der Waals surface area contributed by atoms with Crippen LogP contribution in [0.5, 0.6) is 5.75 Å². The molecule has 3 N–H and O–H groups in total. The Balaban J connectivity index is 1.49. The highest BCUT2D eigenvalue weighted by Gasteiger charge is 2.28. The van der Waals surface area contributed by atoms with Crippen LogP contribution in [0.1, 0.15) is 70.3 Å². The number of hydrogen-bond acceptors (Lipinski definition) is 6. The first kappa shape index (κ1) is 25.1. The number of carbonyl (C=O) groups excluding carboxylic acids is 2. The fourth-order valence-electron chi connectivity index (χ4n) is 4.37. The van der Waals surface area contributed by atoms with Gasteiger partial charge in [-0.3, -0.25) is 9.59 Å². The Kier molecular flexibility index (Phi) is 8.30. The van der Waals surface area contributed by atoms with E-state index in [1.165, 1.54) is 12.1 Å². The molecule has 0 unspecified atom stereocenters. The minimum atomic E-state index is -0.768. The van der Waals surface area contributed by atoms with Crippen molar-refractivity contribution in [2.24, 2.45) is 0 Å². The van der Waals surface area contributed by atoms with Crippen LogP contribution >= 0.6 is 0 Å². The molecule has 2 aliphatic rings. The smallest absolute Gasteiger partial charge is 0.270 e. The molecule has 2 atom stereocenters. The average Bonchev–Trinajstić information content (AvgIpc) is 3.32.